The van der Waals surface area contributed by atoms with E-state index in [9.17, 15) is 4.39 Å². The van der Waals surface area contributed by atoms with Gasteiger partial charge in [-0.3, -0.25) is 0 Å². The standard InChI is InChI=1S/C15H12Cl2FNO/c16-8-1-3-10(12(17)5-8)15-7-13(19)11-6-9(18)2-4-14(11)20-15/h1-6,13,15H,7,19H2/t13-,15?/m0/s1. The van der Waals surface area contributed by atoms with Gasteiger partial charge in [-0.25, -0.2) is 4.39 Å². The quantitative estimate of drug-likeness (QED) is 0.831. The highest BCUT2D eigenvalue weighted by Crippen LogP contribution is 2.41. The minimum absolute atomic E-state index is 0.257. The zero-order valence-corrected chi connectivity index (χ0v) is 12.0. The van der Waals surface area contributed by atoms with Gasteiger partial charge in [0.1, 0.15) is 17.7 Å². The van der Waals surface area contributed by atoms with Crippen LogP contribution in [-0.2, 0) is 0 Å². The molecule has 20 heavy (non-hydrogen) atoms. The SMILES string of the molecule is N[C@H]1CC(c2ccc(Cl)cc2Cl)Oc2ccc(F)cc21. The second-order valence-corrected chi connectivity index (χ2v) is 5.64. The van der Waals surface area contributed by atoms with E-state index >= 15 is 0 Å². The summed E-state index contributed by atoms with van der Waals surface area (Å²) >= 11 is 12.1. The van der Waals surface area contributed by atoms with Gasteiger partial charge in [0, 0.05) is 33.6 Å². The van der Waals surface area contributed by atoms with Gasteiger partial charge < -0.3 is 10.5 Å². The van der Waals surface area contributed by atoms with Crippen molar-refractivity contribution >= 4 is 23.2 Å². The number of ether oxygens (including phenoxy) is 1. The fraction of sp³-hybridized carbons (Fsp3) is 0.200. The van der Waals surface area contributed by atoms with Crippen LogP contribution in [0.5, 0.6) is 5.75 Å². The van der Waals surface area contributed by atoms with Crippen LogP contribution in [0.1, 0.15) is 29.7 Å². The highest BCUT2D eigenvalue weighted by Gasteiger charge is 2.28. The molecule has 0 fully saturated rings. The highest BCUT2D eigenvalue weighted by molar-refractivity contribution is 6.35. The maximum absolute atomic E-state index is 13.2. The van der Waals surface area contributed by atoms with Crippen molar-refractivity contribution in [2.24, 2.45) is 5.73 Å². The number of halogens is 3. The molecule has 0 aliphatic carbocycles. The Kier molecular flexibility index (Phi) is 3.59. The molecule has 1 heterocycles. The molecule has 1 aliphatic heterocycles. The van der Waals surface area contributed by atoms with Gasteiger partial charge >= 0.3 is 0 Å². The molecule has 1 unspecified atom stereocenters. The second-order valence-electron chi connectivity index (χ2n) is 4.80. The van der Waals surface area contributed by atoms with Gasteiger partial charge in [-0.15, -0.1) is 0 Å². The van der Waals surface area contributed by atoms with Crippen molar-refractivity contribution in [2.45, 2.75) is 18.6 Å². The summed E-state index contributed by atoms with van der Waals surface area (Å²) in [5.41, 5.74) is 7.63. The number of nitrogens with two attached hydrogens (primary N) is 1. The maximum Gasteiger partial charge on any atom is 0.127 e. The van der Waals surface area contributed by atoms with Crippen LogP contribution in [0.4, 0.5) is 4.39 Å². The van der Waals surface area contributed by atoms with E-state index in [0.29, 0.717) is 27.8 Å². The molecular formula is C15H12Cl2FNO. The molecule has 104 valence electrons. The summed E-state index contributed by atoms with van der Waals surface area (Å²) in [6, 6.07) is 9.35. The molecule has 2 aromatic rings. The molecule has 3 rings (SSSR count). The van der Waals surface area contributed by atoms with Gasteiger partial charge in [0.15, 0.2) is 0 Å². The largest absolute Gasteiger partial charge is 0.485 e. The van der Waals surface area contributed by atoms with Crippen LogP contribution in [0.25, 0.3) is 0 Å². The molecule has 2 aromatic carbocycles. The summed E-state index contributed by atoms with van der Waals surface area (Å²) in [4.78, 5) is 0. The molecule has 0 bridgehead atoms. The number of fused-ring (bicyclic) bond motifs is 1. The van der Waals surface area contributed by atoms with Crippen LogP contribution in [0, 0.1) is 5.82 Å². The number of rotatable bonds is 1. The van der Waals surface area contributed by atoms with Crippen LogP contribution in [0.15, 0.2) is 36.4 Å². The van der Waals surface area contributed by atoms with Gasteiger partial charge in [-0.05, 0) is 30.3 Å². The van der Waals surface area contributed by atoms with E-state index in [1.807, 2.05) is 6.07 Å². The van der Waals surface area contributed by atoms with Crippen molar-refractivity contribution in [2.75, 3.05) is 0 Å². The first-order valence-corrected chi connectivity index (χ1v) is 6.97. The molecule has 5 heteroatoms. The molecule has 0 spiro atoms. The molecule has 0 amide bonds. The third-order valence-corrected chi connectivity index (χ3v) is 3.98. The summed E-state index contributed by atoms with van der Waals surface area (Å²) < 4.78 is 19.1. The summed E-state index contributed by atoms with van der Waals surface area (Å²) in [5.74, 6) is 0.284. The van der Waals surface area contributed by atoms with E-state index in [2.05, 4.69) is 0 Å². The van der Waals surface area contributed by atoms with Crippen molar-refractivity contribution in [1.82, 2.24) is 0 Å². The van der Waals surface area contributed by atoms with E-state index in [4.69, 9.17) is 33.7 Å². The maximum atomic E-state index is 13.2. The average molecular weight is 312 g/mol. The van der Waals surface area contributed by atoms with Crippen molar-refractivity contribution in [3.63, 3.8) is 0 Å². The van der Waals surface area contributed by atoms with E-state index in [-0.39, 0.29) is 18.0 Å². The lowest BCUT2D eigenvalue weighted by Gasteiger charge is -2.31. The molecular weight excluding hydrogens is 300 g/mol. The Balaban J connectivity index is 1.97. The normalized spacial score (nSPS) is 21.2. The molecule has 2 nitrogen and oxygen atoms in total. The van der Waals surface area contributed by atoms with Crippen molar-refractivity contribution in [3.05, 3.63) is 63.4 Å². The predicted octanol–water partition coefficient (Wildman–Crippen LogP) is 4.66. The van der Waals surface area contributed by atoms with E-state index in [1.54, 1.807) is 18.2 Å². The van der Waals surface area contributed by atoms with Crippen molar-refractivity contribution in [3.8, 4) is 5.75 Å². The fourth-order valence-corrected chi connectivity index (χ4v) is 2.96. The Morgan fingerprint density at radius 3 is 2.65 bits per heavy atom. The molecule has 0 saturated carbocycles. The smallest absolute Gasteiger partial charge is 0.127 e. The van der Waals surface area contributed by atoms with Crippen molar-refractivity contribution in [1.29, 1.82) is 0 Å². The summed E-state index contributed by atoms with van der Waals surface area (Å²) in [6.45, 7) is 0. The van der Waals surface area contributed by atoms with E-state index < -0.39 is 0 Å². The van der Waals surface area contributed by atoms with Gasteiger partial charge in [0.2, 0.25) is 0 Å². The van der Waals surface area contributed by atoms with Crippen molar-refractivity contribution < 1.29 is 9.13 Å². The van der Waals surface area contributed by atoms with E-state index in [1.165, 1.54) is 12.1 Å². The lowest BCUT2D eigenvalue weighted by Crippen LogP contribution is -2.24. The third kappa shape index (κ3) is 2.49. The lowest BCUT2D eigenvalue weighted by molar-refractivity contribution is 0.161. The Bertz CT molecular complexity index is 662. The molecule has 0 aromatic heterocycles. The highest BCUT2D eigenvalue weighted by atomic mass is 35.5. The van der Waals surface area contributed by atoms with Crippen LogP contribution in [0.3, 0.4) is 0 Å². The van der Waals surface area contributed by atoms with E-state index in [0.717, 1.165) is 5.56 Å². The van der Waals surface area contributed by atoms with Gasteiger partial charge in [0.05, 0.1) is 0 Å². The molecule has 0 saturated heterocycles. The average Bonchev–Trinajstić information content (AvgIpc) is 2.39. The number of hydrogen-bond acceptors (Lipinski definition) is 2. The Labute approximate surface area is 126 Å². The summed E-state index contributed by atoms with van der Waals surface area (Å²) in [7, 11) is 0. The lowest BCUT2D eigenvalue weighted by atomic mass is 9.93. The van der Waals surface area contributed by atoms with Crippen LogP contribution >= 0.6 is 23.2 Å². The molecule has 1 aliphatic rings. The molecule has 0 radical (unpaired) electrons. The first kappa shape index (κ1) is 13.7. The van der Waals surface area contributed by atoms with Crippen LogP contribution in [0.2, 0.25) is 10.0 Å². The zero-order valence-electron chi connectivity index (χ0n) is 10.4. The number of benzene rings is 2. The van der Waals surface area contributed by atoms with Crippen LogP contribution < -0.4 is 10.5 Å². The Morgan fingerprint density at radius 2 is 1.90 bits per heavy atom. The summed E-state index contributed by atoms with van der Waals surface area (Å²) in [6.07, 6.45) is 0.283. The minimum atomic E-state index is -0.314. The first-order chi connectivity index (χ1) is 9.54. The van der Waals surface area contributed by atoms with Crippen LogP contribution in [-0.4, -0.2) is 0 Å². The van der Waals surface area contributed by atoms with Gasteiger partial charge in [-0.1, -0.05) is 29.3 Å². The third-order valence-electron chi connectivity index (χ3n) is 3.42. The first-order valence-electron chi connectivity index (χ1n) is 6.21. The van der Waals surface area contributed by atoms with Gasteiger partial charge in [-0.2, -0.15) is 0 Å². The predicted molar refractivity (Wildman–Crippen MR) is 77.8 cm³/mol. The number of hydrogen-bond donors (Lipinski definition) is 1. The van der Waals surface area contributed by atoms with Gasteiger partial charge in [0.25, 0.3) is 0 Å². The fourth-order valence-electron chi connectivity index (χ4n) is 2.43. The minimum Gasteiger partial charge on any atom is -0.485 e. The second kappa shape index (κ2) is 5.24. The Hall–Kier alpha value is -1.29. The molecule has 2 atom stereocenters. The summed E-state index contributed by atoms with van der Waals surface area (Å²) in [5, 5.41) is 1.11. The molecule has 2 N–H and O–H groups in total. The Morgan fingerprint density at radius 1 is 1.10 bits per heavy atom. The monoisotopic (exact) mass is 311 g/mol. The zero-order chi connectivity index (χ0) is 14.3. The topological polar surface area (TPSA) is 35.2 Å².